The molecule has 0 aromatic heterocycles. The molecule has 120 valence electrons. The lowest BCUT2D eigenvalue weighted by Gasteiger charge is -2.26. The number of halogens is 1. The monoisotopic (exact) mass is 366 g/mol. The summed E-state index contributed by atoms with van der Waals surface area (Å²) >= 11 is 3.38. The number of hydrogen-bond donors (Lipinski definition) is 1. The van der Waals surface area contributed by atoms with Crippen LogP contribution in [0, 0.1) is 5.41 Å². The Morgan fingerprint density at radius 2 is 1.86 bits per heavy atom. The quantitative estimate of drug-likeness (QED) is 0.745. The Morgan fingerprint density at radius 3 is 2.36 bits per heavy atom. The molecule has 0 radical (unpaired) electrons. The third-order valence-electron chi connectivity index (χ3n) is 3.95. The number of carbonyl (C=O) groups excluding carboxylic acids is 2. The number of rotatable bonds is 7. The molecule has 1 fully saturated rings. The van der Waals surface area contributed by atoms with Gasteiger partial charge in [-0.05, 0) is 43.9 Å². The fourth-order valence-electron chi connectivity index (χ4n) is 2.64. The molecule has 2 amide bonds. The average Bonchev–Trinajstić information content (AvgIpc) is 3.28. The van der Waals surface area contributed by atoms with Gasteiger partial charge in [-0.2, -0.15) is 0 Å². The highest BCUT2D eigenvalue weighted by Crippen LogP contribution is 2.48. The molecular formula is C17H23BrN2O2. The van der Waals surface area contributed by atoms with E-state index in [0.29, 0.717) is 12.8 Å². The van der Waals surface area contributed by atoms with Crippen LogP contribution in [0.2, 0.25) is 0 Å². The molecule has 2 rings (SSSR count). The van der Waals surface area contributed by atoms with E-state index in [2.05, 4.69) is 35.1 Å². The number of nitrogens with one attached hydrogen (secondary N) is 1. The van der Waals surface area contributed by atoms with E-state index in [-0.39, 0.29) is 11.8 Å². The molecule has 5 heteroatoms. The van der Waals surface area contributed by atoms with Gasteiger partial charge in [0, 0.05) is 23.2 Å². The van der Waals surface area contributed by atoms with Crippen molar-refractivity contribution in [2.75, 3.05) is 18.4 Å². The number of nitrogens with zero attached hydrogens (tertiary/aromatic N) is 1. The van der Waals surface area contributed by atoms with Gasteiger partial charge >= 0.3 is 0 Å². The van der Waals surface area contributed by atoms with E-state index in [1.54, 1.807) is 0 Å². The van der Waals surface area contributed by atoms with Gasteiger partial charge in [-0.3, -0.25) is 9.59 Å². The minimum atomic E-state index is -0.841. The van der Waals surface area contributed by atoms with Crippen LogP contribution in [-0.4, -0.2) is 29.8 Å². The summed E-state index contributed by atoms with van der Waals surface area (Å²) in [5, 5.41) is 2.89. The summed E-state index contributed by atoms with van der Waals surface area (Å²) in [6, 6.07) is 7.44. The largest absolute Gasteiger partial charge is 0.342 e. The molecule has 1 N–H and O–H groups in total. The van der Waals surface area contributed by atoms with Crippen LogP contribution in [0.15, 0.2) is 28.7 Å². The first-order valence-electron chi connectivity index (χ1n) is 7.90. The predicted molar refractivity (Wildman–Crippen MR) is 91.6 cm³/mol. The van der Waals surface area contributed by atoms with Gasteiger partial charge in [0.15, 0.2) is 0 Å². The average molecular weight is 367 g/mol. The normalized spacial score (nSPS) is 15.2. The summed E-state index contributed by atoms with van der Waals surface area (Å²) in [6.45, 7) is 5.55. The highest BCUT2D eigenvalue weighted by atomic mass is 79.9. The van der Waals surface area contributed by atoms with Gasteiger partial charge in [-0.1, -0.05) is 35.8 Å². The third-order valence-corrected chi connectivity index (χ3v) is 4.44. The fraction of sp³-hybridized carbons (Fsp3) is 0.529. The Hall–Kier alpha value is -1.36. The molecule has 0 saturated heterocycles. The van der Waals surface area contributed by atoms with Crippen molar-refractivity contribution in [2.45, 2.75) is 39.5 Å². The zero-order chi connectivity index (χ0) is 16.2. The van der Waals surface area contributed by atoms with Gasteiger partial charge in [0.25, 0.3) is 0 Å². The lowest BCUT2D eigenvalue weighted by atomic mass is 10.0. The molecule has 22 heavy (non-hydrogen) atoms. The van der Waals surface area contributed by atoms with Crippen molar-refractivity contribution in [1.29, 1.82) is 0 Å². The fourth-order valence-corrected chi connectivity index (χ4v) is 3.04. The van der Waals surface area contributed by atoms with Gasteiger partial charge < -0.3 is 10.2 Å². The molecule has 0 aliphatic heterocycles. The lowest BCUT2D eigenvalue weighted by molar-refractivity contribution is -0.142. The lowest BCUT2D eigenvalue weighted by Crippen LogP contribution is -2.43. The van der Waals surface area contributed by atoms with Crippen LogP contribution in [0.1, 0.15) is 39.5 Å². The van der Waals surface area contributed by atoms with E-state index in [1.165, 1.54) is 0 Å². The maximum atomic E-state index is 12.8. The number of anilines is 1. The van der Waals surface area contributed by atoms with Crippen LogP contribution in [0.5, 0.6) is 0 Å². The summed E-state index contributed by atoms with van der Waals surface area (Å²) in [7, 11) is 0. The van der Waals surface area contributed by atoms with Gasteiger partial charge in [0.1, 0.15) is 5.41 Å². The molecule has 1 saturated carbocycles. The molecule has 1 aromatic rings. The first-order valence-corrected chi connectivity index (χ1v) is 8.69. The second kappa shape index (κ2) is 7.27. The number of amides is 2. The van der Waals surface area contributed by atoms with E-state index in [0.717, 1.165) is 36.1 Å². The van der Waals surface area contributed by atoms with Crippen LogP contribution >= 0.6 is 15.9 Å². The summed E-state index contributed by atoms with van der Waals surface area (Å²) in [4.78, 5) is 27.2. The van der Waals surface area contributed by atoms with Crippen LogP contribution in [0.4, 0.5) is 5.69 Å². The van der Waals surface area contributed by atoms with Crippen molar-refractivity contribution in [2.24, 2.45) is 5.41 Å². The molecular weight excluding hydrogens is 344 g/mol. The van der Waals surface area contributed by atoms with Gasteiger partial charge in [0.05, 0.1) is 0 Å². The zero-order valence-electron chi connectivity index (χ0n) is 13.2. The molecule has 1 aliphatic carbocycles. The summed E-state index contributed by atoms with van der Waals surface area (Å²) in [5.41, 5.74) is -0.122. The number of hydrogen-bond acceptors (Lipinski definition) is 2. The van der Waals surface area contributed by atoms with E-state index in [4.69, 9.17) is 0 Å². The van der Waals surface area contributed by atoms with Gasteiger partial charge in [0.2, 0.25) is 11.8 Å². The Balaban J connectivity index is 2.09. The minimum absolute atomic E-state index is 0.0105. The van der Waals surface area contributed by atoms with E-state index < -0.39 is 5.41 Å². The van der Waals surface area contributed by atoms with Crippen molar-refractivity contribution in [3.8, 4) is 0 Å². The van der Waals surface area contributed by atoms with E-state index >= 15 is 0 Å². The third kappa shape index (κ3) is 3.69. The molecule has 1 aromatic carbocycles. The second-order valence-electron chi connectivity index (χ2n) is 5.84. The maximum absolute atomic E-state index is 12.8. The zero-order valence-corrected chi connectivity index (χ0v) is 14.8. The molecule has 0 spiro atoms. The Bertz CT molecular complexity index is 549. The number of carbonyl (C=O) groups is 2. The molecule has 4 nitrogen and oxygen atoms in total. The number of benzene rings is 1. The minimum Gasteiger partial charge on any atom is -0.342 e. The van der Waals surface area contributed by atoms with Crippen LogP contribution in [0.3, 0.4) is 0 Å². The van der Waals surface area contributed by atoms with E-state index in [1.807, 2.05) is 29.2 Å². The summed E-state index contributed by atoms with van der Waals surface area (Å²) in [5.74, 6) is -0.184. The second-order valence-corrected chi connectivity index (χ2v) is 6.75. The molecule has 0 unspecified atom stereocenters. The standard InChI is InChI=1S/C17H23BrN2O2/c1-3-10-20(11-4-2)16(22)17(8-9-17)15(21)19-14-7-5-6-13(18)12-14/h5-7,12H,3-4,8-11H2,1-2H3,(H,19,21). The van der Waals surface area contributed by atoms with E-state index in [9.17, 15) is 9.59 Å². The topological polar surface area (TPSA) is 49.4 Å². The van der Waals surface area contributed by atoms with Crippen molar-refractivity contribution in [3.05, 3.63) is 28.7 Å². The highest BCUT2D eigenvalue weighted by Gasteiger charge is 2.57. The molecule has 0 bridgehead atoms. The Morgan fingerprint density at radius 1 is 1.23 bits per heavy atom. The van der Waals surface area contributed by atoms with Crippen molar-refractivity contribution >= 4 is 33.4 Å². The highest BCUT2D eigenvalue weighted by molar-refractivity contribution is 9.10. The smallest absolute Gasteiger partial charge is 0.240 e. The Labute approximate surface area is 140 Å². The van der Waals surface area contributed by atoms with Gasteiger partial charge in [-0.25, -0.2) is 0 Å². The van der Waals surface area contributed by atoms with Crippen LogP contribution in [-0.2, 0) is 9.59 Å². The van der Waals surface area contributed by atoms with Crippen molar-refractivity contribution in [3.63, 3.8) is 0 Å². The molecule has 0 atom stereocenters. The molecule has 0 heterocycles. The first-order chi connectivity index (χ1) is 10.5. The Kier molecular flexibility index (Phi) is 5.62. The van der Waals surface area contributed by atoms with Crippen LogP contribution < -0.4 is 5.32 Å². The predicted octanol–water partition coefficient (Wildman–Crippen LogP) is 3.82. The van der Waals surface area contributed by atoms with Crippen molar-refractivity contribution < 1.29 is 9.59 Å². The van der Waals surface area contributed by atoms with Gasteiger partial charge in [-0.15, -0.1) is 0 Å². The first kappa shape index (κ1) is 17.0. The maximum Gasteiger partial charge on any atom is 0.240 e. The van der Waals surface area contributed by atoms with Crippen molar-refractivity contribution in [1.82, 2.24) is 4.90 Å². The summed E-state index contributed by atoms with van der Waals surface area (Å²) < 4.78 is 0.903. The SMILES string of the molecule is CCCN(CCC)C(=O)C1(C(=O)Nc2cccc(Br)c2)CC1. The molecule has 1 aliphatic rings. The summed E-state index contributed by atoms with van der Waals surface area (Å²) in [6.07, 6.45) is 3.12. The van der Waals surface area contributed by atoms with Crippen LogP contribution in [0.25, 0.3) is 0 Å².